The zero-order chi connectivity index (χ0) is 19.5. The highest BCUT2D eigenvalue weighted by atomic mass is 35.5. The number of nitriles is 1. The monoisotopic (exact) mass is 402 g/mol. The van der Waals surface area contributed by atoms with Gasteiger partial charge in [-0.25, -0.2) is 0 Å². The van der Waals surface area contributed by atoms with Gasteiger partial charge in [-0.1, -0.05) is 47.5 Å². The van der Waals surface area contributed by atoms with Crippen molar-refractivity contribution in [3.05, 3.63) is 94.6 Å². The lowest BCUT2D eigenvalue weighted by molar-refractivity contribution is 0.597. The molecular formula is C22H13BCl2N2O. The molecule has 6 heteroatoms. The molecule has 0 amide bonds. The van der Waals surface area contributed by atoms with Gasteiger partial charge in [0.25, 0.3) is 0 Å². The first-order valence-electron chi connectivity index (χ1n) is 8.61. The summed E-state index contributed by atoms with van der Waals surface area (Å²) in [5.41, 5.74) is 2.97. The number of benzene rings is 3. The van der Waals surface area contributed by atoms with Crippen molar-refractivity contribution >= 4 is 51.9 Å². The molecule has 0 saturated heterocycles. The largest absolute Gasteiger partial charge is 0.550 e. The Bertz CT molecular complexity index is 1160. The summed E-state index contributed by atoms with van der Waals surface area (Å²) in [7, 11) is 0. The second-order valence-electron chi connectivity index (χ2n) is 6.23. The lowest BCUT2D eigenvalue weighted by Gasteiger charge is -2.18. The first kappa shape index (κ1) is 18.4. The normalized spacial score (nSPS) is 10.5. The van der Waals surface area contributed by atoms with Crippen LogP contribution in [0.15, 0.2) is 79.0 Å². The fraction of sp³-hybridized carbons (Fsp3) is 0. The molecule has 0 atom stereocenters. The van der Waals surface area contributed by atoms with Gasteiger partial charge in [0.1, 0.15) is 11.3 Å². The van der Waals surface area contributed by atoms with E-state index in [2.05, 4.69) is 11.1 Å². The van der Waals surface area contributed by atoms with Crippen LogP contribution in [-0.2, 0) is 0 Å². The minimum atomic E-state index is -0.435. The maximum Gasteiger partial charge on any atom is 0.426 e. The van der Waals surface area contributed by atoms with E-state index in [1.807, 2.05) is 54.6 Å². The maximum atomic E-state index is 9.38. The summed E-state index contributed by atoms with van der Waals surface area (Å²) in [6.45, 7) is -0.435. The molecule has 0 fully saturated rings. The molecule has 4 rings (SSSR count). The Morgan fingerprint density at radius 1 is 0.857 bits per heavy atom. The van der Waals surface area contributed by atoms with Crippen molar-refractivity contribution in [2.45, 2.75) is 0 Å². The maximum absolute atomic E-state index is 9.38. The van der Waals surface area contributed by atoms with Gasteiger partial charge in [-0.05, 0) is 59.5 Å². The molecule has 0 aliphatic heterocycles. The quantitative estimate of drug-likeness (QED) is 0.468. The molecule has 28 heavy (non-hydrogen) atoms. The molecule has 1 heterocycles. The predicted octanol–water partition coefficient (Wildman–Crippen LogP) is 4.60. The van der Waals surface area contributed by atoms with Crippen molar-refractivity contribution in [2.24, 2.45) is 0 Å². The van der Waals surface area contributed by atoms with Gasteiger partial charge >= 0.3 is 6.92 Å². The van der Waals surface area contributed by atoms with Crippen LogP contribution < -0.4 is 15.6 Å². The smallest absolute Gasteiger partial charge is 0.426 e. The molecule has 3 aromatic carbocycles. The molecule has 0 bridgehead atoms. The summed E-state index contributed by atoms with van der Waals surface area (Å²) >= 11 is 12.4. The van der Waals surface area contributed by atoms with Gasteiger partial charge in [0, 0.05) is 21.6 Å². The fourth-order valence-corrected chi connectivity index (χ4v) is 3.53. The molecule has 4 aromatic rings. The van der Waals surface area contributed by atoms with Crippen molar-refractivity contribution in [1.29, 1.82) is 5.26 Å². The third kappa shape index (κ3) is 3.68. The molecule has 0 N–H and O–H groups in total. The minimum Gasteiger partial charge on any atom is -0.550 e. The molecular weight excluding hydrogens is 390 g/mol. The Morgan fingerprint density at radius 3 is 2.14 bits per heavy atom. The number of nitrogens with zero attached hydrogens (tertiary/aromatic N) is 2. The van der Waals surface area contributed by atoms with Crippen LogP contribution in [0.5, 0.6) is 5.75 Å². The third-order valence-electron chi connectivity index (χ3n) is 4.40. The minimum absolute atomic E-state index is 0.435. The SMILES string of the molecule is N#Cc1ccc(OB(c2cccc(Cl)c2)c2cccc(Cl)c2)c2ncccc12. The van der Waals surface area contributed by atoms with Crippen molar-refractivity contribution < 1.29 is 4.65 Å². The zero-order valence-electron chi connectivity index (χ0n) is 14.6. The third-order valence-corrected chi connectivity index (χ3v) is 4.87. The van der Waals surface area contributed by atoms with E-state index in [9.17, 15) is 5.26 Å². The standard InChI is InChI=1S/C22H13BCl2N2O/c24-18-6-1-4-16(12-18)23(17-5-2-7-19(25)13-17)28-21-10-9-15(14-26)20-8-3-11-27-22(20)21/h1-13H. The molecule has 0 unspecified atom stereocenters. The summed E-state index contributed by atoms with van der Waals surface area (Å²) in [5.74, 6) is 0.583. The average Bonchev–Trinajstić information content (AvgIpc) is 2.72. The van der Waals surface area contributed by atoms with E-state index in [1.54, 1.807) is 24.4 Å². The number of pyridine rings is 1. The molecule has 0 aliphatic carbocycles. The number of fused-ring (bicyclic) bond motifs is 1. The number of halogens is 2. The highest BCUT2D eigenvalue weighted by molar-refractivity contribution is 6.80. The first-order valence-corrected chi connectivity index (χ1v) is 9.37. The van der Waals surface area contributed by atoms with Gasteiger partial charge in [0.2, 0.25) is 0 Å². The molecule has 0 aliphatic rings. The van der Waals surface area contributed by atoms with Gasteiger partial charge in [-0.3, -0.25) is 4.98 Å². The van der Waals surface area contributed by atoms with E-state index in [4.69, 9.17) is 27.9 Å². The van der Waals surface area contributed by atoms with E-state index in [-0.39, 0.29) is 0 Å². The van der Waals surface area contributed by atoms with Crippen LogP contribution in [0.2, 0.25) is 10.0 Å². The summed E-state index contributed by atoms with van der Waals surface area (Å²) < 4.78 is 6.42. The number of hydrogen-bond acceptors (Lipinski definition) is 3. The van der Waals surface area contributed by atoms with E-state index in [0.717, 1.165) is 16.3 Å². The van der Waals surface area contributed by atoms with Crippen LogP contribution in [0.25, 0.3) is 10.9 Å². The average molecular weight is 403 g/mol. The highest BCUT2D eigenvalue weighted by Crippen LogP contribution is 2.27. The lowest BCUT2D eigenvalue weighted by atomic mass is 9.55. The zero-order valence-corrected chi connectivity index (χ0v) is 16.2. The summed E-state index contributed by atoms with van der Waals surface area (Å²) in [5, 5.41) is 11.4. The second-order valence-corrected chi connectivity index (χ2v) is 7.10. The first-order chi connectivity index (χ1) is 13.7. The Kier molecular flexibility index (Phi) is 5.21. The molecule has 1 aromatic heterocycles. The second kappa shape index (κ2) is 7.94. The van der Waals surface area contributed by atoms with Gasteiger partial charge < -0.3 is 4.65 Å². The van der Waals surface area contributed by atoms with E-state index >= 15 is 0 Å². The molecule has 0 radical (unpaired) electrons. The fourth-order valence-electron chi connectivity index (χ4n) is 3.13. The summed E-state index contributed by atoms with van der Waals surface area (Å²) in [6.07, 6.45) is 1.68. The van der Waals surface area contributed by atoms with Gasteiger partial charge in [-0.2, -0.15) is 5.26 Å². The van der Waals surface area contributed by atoms with Crippen LogP contribution in [0, 0.1) is 11.3 Å². The van der Waals surface area contributed by atoms with Crippen LogP contribution >= 0.6 is 23.2 Å². The van der Waals surface area contributed by atoms with Crippen molar-refractivity contribution in [3.8, 4) is 11.8 Å². The molecule has 0 saturated carbocycles. The van der Waals surface area contributed by atoms with E-state index in [0.29, 0.717) is 26.9 Å². The van der Waals surface area contributed by atoms with Gasteiger partial charge in [0.15, 0.2) is 0 Å². The van der Waals surface area contributed by atoms with Crippen LogP contribution in [0.3, 0.4) is 0 Å². The predicted molar refractivity (Wildman–Crippen MR) is 115 cm³/mol. The van der Waals surface area contributed by atoms with Crippen LogP contribution in [0.4, 0.5) is 0 Å². The Hall–Kier alpha value is -3.00. The summed E-state index contributed by atoms with van der Waals surface area (Å²) in [4.78, 5) is 4.44. The van der Waals surface area contributed by atoms with Crippen LogP contribution in [-0.4, -0.2) is 11.9 Å². The van der Waals surface area contributed by atoms with E-state index < -0.39 is 6.92 Å². The van der Waals surface area contributed by atoms with Crippen LogP contribution in [0.1, 0.15) is 5.56 Å². The number of aromatic nitrogens is 1. The summed E-state index contributed by atoms with van der Waals surface area (Å²) in [6, 6.07) is 24.4. The lowest BCUT2D eigenvalue weighted by Crippen LogP contribution is -2.47. The topological polar surface area (TPSA) is 45.9 Å². The van der Waals surface area contributed by atoms with Crippen molar-refractivity contribution in [1.82, 2.24) is 4.98 Å². The molecule has 134 valence electrons. The Morgan fingerprint density at radius 2 is 1.54 bits per heavy atom. The number of hydrogen-bond donors (Lipinski definition) is 0. The number of rotatable bonds is 4. The van der Waals surface area contributed by atoms with Gasteiger partial charge in [0.05, 0.1) is 11.6 Å². The molecule has 0 spiro atoms. The Labute approximate surface area is 173 Å². The van der Waals surface area contributed by atoms with Crippen molar-refractivity contribution in [3.63, 3.8) is 0 Å². The van der Waals surface area contributed by atoms with E-state index in [1.165, 1.54) is 0 Å². The van der Waals surface area contributed by atoms with Crippen molar-refractivity contribution in [2.75, 3.05) is 0 Å². The molecule has 3 nitrogen and oxygen atoms in total. The van der Waals surface area contributed by atoms with Gasteiger partial charge in [-0.15, -0.1) is 0 Å². The highest BCUT2D eigenvalue weighted by Gasteiger charge is 2.25. The Balaban J connectivity index is 1.85.